The van der Waals surface area contributed by atoms with Crippen molar-refractivity contribution in [2.45, 2.75) is 32.2 Å². The van der Waals surface area contributed by atoms with Crippen LogP contribution >= 0.6 is 11.6 Å². The normalized spacial score (nSPS) is 13.6. The van der Waals surface area contributed by atoms with Gasteiger partial charge in [0.2, 0.25) is 0 Å². The molecule has 0 saturated heterocycles. The van der Waals surface area contributed by atoms with Gasteiger partial charge in [-0.15, -0.1) is 0 Å². The molecule has 1 heterocycles. The molecule has 1 aromatic heterocycles. The summed E-state index contributed by atoms with van der Waals surface area (Å²) in [7, 11) is 1.33. The van der Waals surface area contributed by atoms with Crippen LogP contribution in [-0.2, 0) is 11.3 Å². The third-order valence-electron chi connectivity index (χ3n) is 4.07. The second-order valence-electron chi connectivity index (χ2n) is 5.83. The van der Waals surface area contributed by atoms with Crippen LogP contribution in [0.3, 0.4) is 0 Å². The number of esters is 1. The van der Waals surface area contributed by atoms with Gasteiger partial charge in [-0.1, -0.05) is 41.9 Å². The third kappa shape index (κ3) is 3.51. The first-order valence-electron chi connectivity index (χ1n) is 8.08. The molecule has 0 bridgehead atoms. The number of anilines is 1. The zero-order valence-electron chi connectivity index (χ0n) is 13.8. The molecule has 1 aliphatic rings. The maximum absolute atomic E-state index is 12.0. The molecular weight excluding hydrogens is 326 g/mol. The zero-order chi connectivity index (χ0) is 17.1. The molecule has 0 amide bonds. The summed E-state index contributed by atoms with van der Waals surface area (Å²) in [5.41, 5.74) is 1.30. The average Bonchev–Trinajstić information content (AvgIpc) is 3.45. The summed E-state index contributed by atoms with van der Waals surface area (Å²) in [4.78, 5) is 23.1. The van der Waals surface area contributed by atoms with E-state index in [1.807, 2.05) is 25.1 Å². The molecule has 0 unspecified atom stereocenters. The Morgan fingerprint density at radius 1 is 1.29 bits per heavy atom. The van der Waals surface area contributed by atoms with Crippen LogP contribution in [-0.4, -0.2) is 29.6 Å². The van der Waals surface area contributed by atoms with Gasteiger partial charge in [0.25, 0.3) is 0 Å². The minimum Gasteiger partial charge on any atom is -0.464 e. The highest BCUT2D eigenvalue weighted by Crippen LogP contribution is 2.40. The van der Waals surface area contributed by atoms with Crippen LogP contribution < -0.4 is 4.90 Å². The van der Waals surface area contributed by atoms with Crippen LogP contribution in [0.15, 0.2) is 30.3 Å². The Kier molecular flexibility index (Phi) is 5.00. The van der Waals surface area contributed by atoms with Gasteiger partial charge in [-0.3, -0.25) is 0 Å². The number of halogens is 1. The Bertz CT molecular complexity index is 733. The van der Waals surface area contributed by atoms with Gasteiger partial charge in [0, 0.05) is 19.0 Å². The molecule has 2 aromatic rings. The van der Waals surface area contributed by atoms with Crippen molar-refractivity contribution < 1.29 is 9.53 Å². The minimum atomic E-state index is -0.527. The molecule has 24 heavy (non-hydrogen) atoms. The molecule has 126 valence electrons. The van der Waals surface area contributed by atoms with E-state index < -0.39 is 5.97 Å². The Labute approximate surface area is 146 Å². The number of methoxy groups -OCH3 is 1. The van der Waals surface area contributed by atoms with E-state index in [9.17, 15) is 4.79 Å². The number of hydrogen-bond acceptors (Lipinski definition) is 5. The van der Waals surface area contributed by atoms with E-state index >= 15 is 0 Å². The lowest BCUT2D eigenvalue weighted by molar-refractivity contribution is 0.0593. The summed E-state index contributed by atoms with van der Waals surface area (Å²) in [6, 6.07) is 10.1. The molecule has 1 saturated carbocycles. The number of aromatic nitrogens is 2. The highest BCUT2D eigenvalue weighted by molar-refractivity contribution is 6.35. The van der Waals surface area contributed by atoms with Crippen LogP contribution in [0.25, 0.3) is 0 Å². The molecule has 0 N–H and O–H groups in total. The molecule has 0 atom stereocenters. The van der Waals surface area contributed by atoms with Gasteiger partial charge in [0.15, 0.2) is 11.5 Å². The second kappa shape index (κ2) is 7.18. The molecule has 6 heteroatoms. The lowest BCUT2D eigenvalue weighted by atomic mass is 10.2. The summed E-state index contributed by atoms with van der Waals surface area (Å²) in [6.45, 7) is 3.42. The molecule has 0 radical (unpaired) electrons. The van der Waals surface area contributed by atoms with Gasteiger partial charge < -0.3 is 9.64 Å². The number of ether oxygens (including phenoxy) is 1. The zero-order valence-corrected chi connectivity index (χ0v) is 14.6. The van der Waals surface area contributed by atoms with Crippen molar-refractivity contribution >= 4 is 23.4 Å². The van der Waals surface area contributed by atoms with Gasteiger partial charge in [-0.2, -0.15) is 0 Å². The van der Waals surface area contributed by atoms with Crippen molar-refractivity contribution in [1.82, 2.24) is 9.97 Å². The molecule has 0 aliphatic heterocycles. The highest BCUT2D eigenvalue weighted by Gasteiger charge is 2.31. The molecular formula is C18H20ClN3O2. The van der Waals surface area contributed by atoms with Gasteiger partial charge >= 0.3 is 5.97 Å². The van der Waals surface area contributed by atoms with E-state index in [1.165, 1.54) is 7.11 Å². The van der Waals surface area contributed by atoms with Crippen molar-refractivity contribution in [1.29, 1.82) is 0 Å². The van der Waals surface area contributed by atoms with Crippen molar-refractivity contribution in [3.05, 3.63) is 52.4 Å². The van der Waals surface area contributed by atoms with Crippen LogP contribution in [0.1, 0.15) is 47.6 Å². The van der Waals surface area contributed by atoms with Gasteiger partial charge in [-0.05, 0) is 25.3 Å². The number of benzene rings is 1. The van der Waals surface area contributed by atoms with Crippen molar-refractivity contribution in [2.24, 2.45) is 0 Å². The number of hydrogen-bond donors (Lipinski definition) is 0. The minimum absolute atomic E-state index is 0.151. The van der Waals surface area contributed by atoms with Crippen molar-refractivity contribution in [3.8, 4) is 0 Å². The van der Waals surface area contributed by atoms with Crippen LogP contribution in [0.5, 0.6) is 0 Å². The SMILES string of the molecule is CCN(Cc1ccccc1)c1nc(C2CC2)nc(C(=O)OC)c1Cl. The lowest BCUT2D eigenvalue weighted by Gasteiger charge is -2.24. The highest BCUT2D eigenvalue weighted by atomic mass is 35.5. The summed E-state index contributed by atoms with van der Waals surface area (Å²) >= 11 is 6.45. The topological polar surface area (TPSA) is 55.3 Å². The Morgan fingerprint density at radius 2 is 2.00 bits per heavy atom. The van der Waals surface area contributed by atoms with E-state index in [0.29, 0.717) is 24.1 Å². The molecule has 1 aromatic carbocycles. The maximum atomic E-state index is 12.0. The maximum Gasteiger partial charge on any atom is 0.358 e. The predicted octanol–water partition coefficient (Wildman–Crippen LogP) is 3.82. The third-order valence-corrected chi connectivity index (χ3v) is 4.42. The lowest BCUT2D eigenvalue weighted by Crippen LogP contribution is -2.25. The molecule has 5 nitrogen and oxygen atoms in total. The molecule has 1 fully saturated rings. The fraction of sp³-hybridized carbons (Fsp3) is 0.389. The first-order valence-corrected chi connectivity index (χ1v) is 8.46. The van der Waals surface area contributed by atoms with Crippen LogP contribution in [0, 0.1) is 0 Å². The summed E-state index contributed by atoms with van der Waals surface area (Å²) in [5, 5.41) is 0.254. The molecule has 1 aliphatic carbocycles. The van der Waals surface area contributed by atoms with Gasteiger partial charge in [0.1, 0.15) is 10.8 Å². The van der Waals surface area contributed by atoms with Gasteiger partial charge in [0.05, 0.1) is 7.11 Å². The smallest absolute Gasteiger partial charge is 0.358 e. The number of carbonyl (C=O) groups is 1. The summed E-state index contributed by atoms with van der Waals surface area (Å²) < 4.78 is 4.83. The Hall–Kier alpha value is -2.14. The number of carbonyl (C=O) groups excluding carboxylic acids is 1. The average molecular weight is 346 g/mol. The summed E-state index contributed by atoms with van der Waals surface area (Å²) in [6.07, 6.45) is 2.10. The number of nitrogens with zero attached hydrogens (tertiary/aromatic N) is 3. The summed E-state index contributed by atoms with van der Waals surface area (Å²) in [5.74, 6) is 1.07. The second-order valence-corrected chi connectivity index (χ2v) is 6.21. The first kappa shape index (κ1) is 16.7. The molecule has 3 rings (SSSR count). The fourth-order valence-corrected chi connectivity index (χ4v) is 2.84. The quantitative estimate of drug-likeness (QED) is 0.745. The molecule has 0 spiro atoms. The van der Waals surface area contributed by atoms with E-state index in [-0.39, 0.29) is 10.7 Å². The first-order chi connectivity index (χ1) is 11.6. The van der Waals surface area contributed by atoms with Crippen LogP contribution in [0.4, 0.5) is 5.82 Å². The van der Waals surface area contributed by atoms with E-state index in [4.69, 9.17) is 16.3 Å². The largest absolute Gasteiger partial charge is 0.464 e. The van der Waals surface area contributed by atoms with Crippen molar-refractivity contribution in [2.75, 3.05) is 18.6 Å². The van der Waals surface area contributed by atoms with E-state index in [0.717, 1.165) is 24.9 Å². The van der Waals surface area contributed by atoms with Crippen molar-refractivity contribution in [3.63, 3.8) is 0 Å². The predicted molar refractivity (Wildman–Crippen MR) is 93.5 cm³/mol. The Morgan fingerprint density at radius 3 is 2.58 bits per heavy atom. The fourth-order valence-electron chi connectivity index (χ4n) is 2.56. The van der Waals surface area contributed by atoms with E-state index in [2.05, 4.69) is 27.0 Å². The monoisotopic (exact) mass is 345 g/mol. The number of rotatable bonds is 6. The Balaban J connectivity index is 2.00. The van der Waals surface area contributed by atoms with E-state index in [1.54, 1.807) is 0 Å². The standard InChI is InChI=1S/C18H20ClN3O2/c1-3-22(11-12-7-5-4-6-8-12)17-14(19)15(18(23)24-2)20-16(21-17)13-9-10-13/h4-8,13H,3,9-11H2,1-2H3. The van der Waals surface area contributed by atoms with Gasteiger partial charge in [-0.25, -0.2) is 14.8 Å². The van der Waals surface area contributed by atoms with Crippen LogP contribution in [0.2, 0.25) is 5.02 Å².